The van der Waals surface area contributed by atoms with Crippen LogP contribution in [-0.4, -0.2) is 26.1 Å². The zero-order chi connectivity index (χ0) is 18.1. The number of nitro benzene ring substituents is 1. The first-order valence-electron chi connectivity index (χ1n) is 7.62. The van der Waals surface area contributed by atoms with Gasteiger partial charge in [0.1, 0.15) is 0 Å². The number of nitrogens with zero attached hydrogens (tertiary/aromatic N) is 3. The molecule has 1 N–H and O–H groups in total. The first-order valence-corrected chi connectivity index (χ1v) is 8.60. The average Bonchev–Trinajstić information content (AvgIpc) is 2.59. The molecule has 0 saturated heterocycles. The smallest absolute Gasteiger partial charge is 0.269 e. The molecular formula is C16H16N4O4S. The third kappa shape index (κ3) is 3.41. The van der Waals surface area contributed by atoms with Crippen LogP contribution in [0.25, 0.3) is 0 Å². The van der Waals surface area contributed by atoms with Gasteiger partial charge in [-0.15, -0.1) is 0 Å². The minimum Gasteiger partial charge on any atom is -0.326 e. The van der Waals surface area contributed by atoms with Gasteiger partial charge in [-0.05, 0) is 25.5 Å². The number of thioether (sulfide) groups is 1. The second kappa shape index (κ2) is 6.67. The number of hydrogen-bond acceptors (Lipinski definition) is 6. The molecule has 9 heteroatoms. The van der Waals surface area contributed by atoms with Gasteiger partial charge >= 0.3 is 0 Å². The molecule has 8 nitrogen and oxygen atoms in total. The number of aryl methyl sites for hydroxylation is 2. The number of nitro groups is 1. The van der Waals surface area contributed by atoms with Crippen LogP contribution in [-0.2, 0) is 11.3 Å². The molecule has 3 rings (SSSR count). The summed E-state index contributed by atoms with van der Waals surface area (Å²) in [5.41, 5.74) is 1.52. The molecule has 1 aliphatic rings. The number of hydrogen-bond donors (Lipinski definition) is 1. The molecule has 0 bridgehead atoms. The van der Waals surface area contributed by atoms with E-state index in [4.69, 9.17) is 0 Å². The molecule has 130 valence electrons. The Kier molecular flexibility index (Phi) is 4.58. The standard InChI is InChI=1S/C16H16N4O4S/c1-9-5-12(20(23)24)3-4-13(9)18-14(21)11-7-19-15(22)10(2)6-17-16(19)25-8-11/h3-6,11H,7-8H2,1-2H3,(H,18,21). The van der Waals surface area contributed by atoms with Gasteiger partial charge in [-0.25, -0.2) is 4.98 Å². The highest BCUT2D eigenvalue weighted by atomic mass is 32.2. The van der Waals surface area contributed by atoms with Gasteiger partial charge in [-0.2, -0.15) is 0 Å². The Bertz CT molecular complexity index is 925. The van der Waals surface area contributed by atoms with Crippen molar-refractivity contribution in [3.05, 3.63) is 56.0 Å². The lowest BCUT2D eigenvalue weighted by Crippen LogP contribution is -2.37. The van der Waals surface area contributed by atoms with Gasteiger partial charge in [0.05, 0.1) is 10.8 Å². The summed E-state index contributed by atoms with van der Waals surface area (Å²) in [7, 11) is 0. The summed E-state index contributed by atoms with van der Waals surface area (Å²) in [6.45, 7) is 3.66. The summed E-state index contributed by atoms with van der Waals surface area (Å²) >= 11 is 1.37. The number of fused-ring (bicyclic) bond motifs is 1. The van der Waals surface area contributed by atoms with Gasteiger partial charge in [-0.1, -0.05) is 11.8 Å². The second-order valence-electron chi connectivity index (χ2n) is 5.89. The van der Waals surface area contributed by atoms with Crippen LogP contribution in [0.5, 0.6) is 0 Å². The van der Waals surface area contributed by atoms with E-state index in [0.717, 1.165) is 0 Å². The Labute approximate surface area is 147 Å². The van der Waals surface area contributed by atoms with Crippen LogP contribution in [0.4, 0.5) is 11.4 Å². The largest absolute Gasteiger partial charge is 0.326 e. The van der Waals surface area contributed by atoms with Crippen molar-refractivity contribution < 1.29 is 9.72 Å². The molecule has 2 heterocycles. The number of carbonyl (C=O) groups excluding carboxylic acids is 1. The number of non-ortho nitro benzene ring substituents is 1. The summed E-state index contributed by atoms with van der Waals surface area (Å²) in [5, 5.41) is 14.2. The van der Waals surface area contributed by atoms with Crippen LogP contribution in [0.15, 0.2) is 34.3 Å². The highest BCUT2D eigenvalue weighted by molar-refractivity contribution is 7.99. The van der Waals surface area contributed by atoms with E-state index in [0.29, 0.717) is 27.7 Å². The van der Waals surface area contributed by atoms with Crippen molar-refractivity contribution in [2.45, 2.75) is 25.5 Å². The van der Waals surface area contributed by atoms with Crippen molar-refractivity contribution in [1.29, 1.82) is 0 Å². The van der Waals surface area contributed by atoms with Crippen LogP contribution in [0.1, 0.15) is 11.1 Å². The van der Waals surface area contributed by atoms with Crippen LogP contribution in [0.2, 0.25) is 0 Å². The van der Waals surface area contributed by atoms with Gasteiger partial charge in [0.2, 0.25) is 5.91 Å². The minimum absolute atomic E-state index is 0.0225. The first-order chi connectivity index (χ1) is 11.9. The monoisotopic (exact) mass is 360 g/mol. The summed E-state index contributed by atoms with van der Waals surface area (Å²) < 4.78 is 1.52. The van der Waals surface area contributed by atoms with Gasteiger partial charge in [0.15, 0.2) is 5.16 Å². The highest BCUT2D eigenvalue weighted by Gasteiger charge is 2.27. The maximum atomic E-state index is 12.6. The maximum Gasteiger partial charge on any atom is 0.269 e. The summed E-state index contributed by atoms with van der Waals surface area (Å²) in [6.07, 6.45) is 1.54. The van der Waals surface area contributed by atoms with Crippen molar-refractivity contribution in [2.24, 2.45) is 5.92 Å². The van der Waals surface area contributed by atoms with E-state index in [1.165, 1.54) is 34.5 Å². The topological polar surface area (TPSA) is 107 Å². The molecule has 0 spiro atoms. The van der Waals surface area contributed by atoms with Crippen LogP contribution in [0.3, 0.4) is 0 Å². The third-order valence-electron chi connectivity index (χ3n) is 4.05. The van der Waals surface area contributed by atoms with Gasteiger partial charge in [0, 0.05) is 41.9 Å². The van der Waals surface area contributed by atoms with Crippen molar-refractivity contribution >= 4 is 29.0 Å². The first kappa shape index (κ1) is 17.2. The Hall–Kier alpha value is -2.68. The summed E-state index contributed by atoms with van der Waals surface area (Å²) in [5.74, 6) is -0.0789. The lowest BCUT2D eigenvalue weighted by molar-refractivity contribution is -0.384. The third-order valence-corrected chi connectivity index (χ3v) is 5.20. The van der Waals surface area contributed by atoms with Crippen LogP contribution < -0.4 is 10.9 Å². The van der Waals surface area contributed by atoms with E-state index in [1.807, 2.05) is 0 Å². The van der Waals surface area contributed by atoms with E-state index in [1.54, 1.807) is 20.0 Å². The number of rotatable bonds is 3. The predicted molar refractivity (Wildman–Crippen MR) is 93.9 cm³/mol. The second-order valence-corrected chi connectivity index (χ2v) is 6.88. The molecule has 0 saturated carbocycles. The lowest BCUT2D eigenvalue weighted by Gasteiger charge is -2.24. The molecule has 1 aliphatic heterocycles. The maximum absolute atomic E-state index is 12.6. The number of benzene rings is 1. The summed E-state index contributed by atoms with van der Waals surface area (Å²) in [6, 6.07) is 4.29. The normalized spacial score (nSPS) is 16.2. The SMILES string of the molecule is Cc1cc([N+](=O)[O-])ccc1NC(=O)C1CSc2ncc(C)c(=O)n2C1. The van der Waals surface area contributed by atoms with Gasteiger partial charge in [-0.3, -0.25) is 24.3 Å². The number of nitrogens with one attached hydrogen (secondary N) is 1. The molecule has 2 aromatic rings. The van der Waals surface area contributed by atoms with Crippen molar-refractivity contribution in [3.63, 3.8) is 0 Å². The number of amides is 1. The Morgan fingerprint density at radius 3 is 2.84 bits per heavy atom. The molecule has 1 amide bonds. The molecule has 1 aromatic carbocycles. The fourth-order valence-electron chi connectivity index (χ4n) is 2.60. The number of anilines is 1. The molecule has 0 fully saturated rings. The van der Waals surface area contributed by atoms with Gasteiger partial charge < -0.3 is 5.32 Å². The number of aromatic nitrogens is 2. The molecule has 1 aromatic heterocycles. The van der Waals surface area contributed by atoms with Crippen molar-refractivity contribution in [2.75, 3.05) is 11.1 Å². The summed E-state index contributed by atoms with van der Waals surface area (Å²) in [4.78, 5) is 39.3. The quantitative estimate of drug-likeness (QED) is 0.510. The average molecular weight is 360 g/mol. The molecule has 25 heavy (non-hydrogen) atoms. The molecule has 0 aliphatic carbocycles. The van der Waals surface area contributed by atoms with E-state index in [9.17, 15) is 19.7 Å². The highest BCUT2D eigenvalue weighted by Crippen LogP contribution is 2.27. The fourth-order valence-corrected chi connectivity index (χ4v) is 3.64. The molecule has 0 radical (unpaired) electrons. The van der Waals surface area contributed by atoms with Crippen molar-refractivity contribution in [1.82, 2.24) is 9.55 Å². The zero-order valence-electron chi connectivity index (χ0n) is 13.7. The fraction of sp³-hybridized carbons (Fsp3) is 0.312. The molecule has 1 atom stereocenters. The Morgan fingerprint density at radius 1 is 1.40 bits per heavy atom. The number of carbonyl (C=O) groups is 1. The molecule has 1 unspecified atom stereocenters. The van der Waals surface area contributed by atoms with Gasteiger partial charge in [0.25, 0.3) is 11.2 Å². The lowest BCUT2D eigenvalue weighted by atomic mass is 10.1. The Balaban J connectivity index is 1.78. The van der Waals surface area contributed by atoms with E-state index < -0.39 is 4.92 Å². The van der Waals surface area contributed by atoms with E-state index >= 15 is 0 Å². The minimum atomic E-state index is -0.477. The van der Waals surface area contributed by atoms with Crippen LogP contribution >= 0.6 is 11.8 Å². The van der Waals surface area contributed by atoms with E-state index in [2.05, 4.69) is 10.3 Å². The molecular weight excluding hydrogens is 344 g/mol. The predicted octanol–water partition coefficient (Wildman–Crippen LogP) is 2.13. The van der Waals surface area contributed by atoms with E-state index in [-0.39, 0.29) is 29.6 Å². The zero-order valence-corrected chi connectivity index (χ0v) is 14.5. The van der Waals surface area contributed by atoms with Crippen LogP contribution in [0, 0.1) is 29.9 Å². The Morgan fingerprint density at radius 2 is 2.16 bits per heavy atom. The van der Waals surface area contributed by atoms with Crippen molar-refractivity contribution in [3.8, 4) is 0 Å².